The summed E-state index contributed by atoms with van der Waals surface area (Å²) < 4.78 is 6.14. The van der Waals surface area contributed by atoms with Crippen molar-refractivity contribution in [2.75, 3.05) is 24.6 Å². The van der Waals surface area contributed by atoms with E-state index in [2.05, 4.69) is 20.9 Å². The van der Waals surface area contributed by atoms with Crippen LogP contribution >= 0.6 is 15.9 Å². The number of hydrogen-bond donors (Lipinski definition) is 1. The van der Waals surface area contributed by atoms with E-state index in [1.807, 2.05) is 6.07 Å². The Balaban J connectivity index is 1.53. The summed E-state index contributed by atoms with van der Waals surface area (Å²) in [6, 6.07) is 6.95. The van der Waals surface area contributed by atoms with E-state index in [4.69, 9.17) is 4.74 Å². The highest BCUT2D eigenvalue weighted by atomic mass is 79.9. The molecule has 3 heterocycles. The SMILES string of the molecule is O=C(CN1C(=O)COc2cc(Br)cnc21)N1CCc2ccc(O)cc2C1. The predicted octanol–water partition coefficient (Wildman–Crippen LogP) is 1.86. The topological polar surface area (TPSA) is 83.0 Å². The lowest BCUT2D eigenvalue weighted by Crippen LogP contribution is -2.47. The third kappa shape index (κ3) is 3.12. The van der Waals surface area contributed by atoms with E-state index in [0.29, 0.717) is 24.7 Å². The van der Waals surface area contributed by atoms with Gasteiger partial charge in [0, 0.05) is 23.8 Å². The highest BCUT2D eigenvalue weighted by Gasteiger charge is 2.31. The Morgan fingerprint density at radius 3 is 3.00 bits per heavy atom. The van der Waals surface area contributed by atoms with Gasteiger partial charge < -0.3 is 14.7 Å². The van der Waals surface area contributed by atoms with Gasteiger partial charge in [-0.1, -0.05) is 6.07 Å². The fourth-order valence-electron chi connectivity index (χ4n) is 3.21. The first-order chi connectivity index (χ1) is 12.5. The molecule has 0 saturated heterocycles. The third-order valence-corrected chi connectivity index (χ3v) is 4.99. The molecule has 0 spiro atoms. The highest BCUT2D eigenvalue weighted by Crippen LogP contribution is 2.32. The summed E-state index contributed by atoms with van der Waals surface area (Å²) in [5.41, 5.74) is 2.06. The molecule has 26 heavy (non-hydrogen) atoms. The van der Waals surface area contributed by atoms with Crippen molar-refractivity contribution in [1.29, 1.82) is 0 Å². The number of nitrogens with zero attached hydrogens (tertiary/aromatic N) is 3. The van der Waals surface area contributed by atoms with Crippen molar-refractivity contribution < 1.29 is 19.4 Å². The second-order valence-electron chi connectivity index (χ2n) is 6.26. The average molecular weight is 418 g/mol. The van der Waals surface area contributed by atoms with Crippen molar-refractivity contribution in [1.82, 2.24) is 9.88 Å². The predicted molar refractivity (Wildman–Crippen MR) is 97.0 cm³/mol. The lowest BCUT2D eigenvalue weighted by molar-refractivity contribution is -0.132. The Morgan fingerprint density at radius 2 is 2.15 bits per heavy atom. The summed E-state index contributed by atoms with van der Waals surface area (Å²) in [6.07, 6.45) is 2.29. The van der Waals surface area contributed by atoms with Crippen LogP contribution in [0.5, 0.6) is 11.5 Å². The molecule has 7 nitrogen and oxygen atoms in total. The Bertz CT molecular complexity index is 902. The number of carbonyl (C=O) groups is 2. The van der Waals surface area contributed by atoms with E-state index >= 15 is 0 Å². The second kappa shape index (κ2) is 6.60. The molecule has 0 unspecified atom stereocenters. The molecule has 0 bridgehead atoms. The minimum atomic E-state index is -0.296. The molecule has 2 aromatic rings. The molecule has 1 aromatic carbocycles. The van der Waals surface area contributed by atoms with E-state index in [-0.39, 0.29) is 30.7 Å². The van der Waals surface area contributed by atoms with Crippen molar-refractivity contribution in [3.63, 3.8) is 0 Å². The number of phenolic OH excluding ortho intramolecular Hbond substituents is 1. The summed E-state index contributed by atoms with van der Waals surface area (Å²) in [7, 11) is 0. The zero-order valence-corrected chi connectivity index (χ0v) is 15.4. The normalized spacial score (nSPS) is 16.0. The lowest BCUT2D eigenvalue weighted by Gasteiger charge is -2.32. The van der Waals surface area contributed by atoms with Crippen molar-refractivity contribution in [3.05, 3.63) is 46.1 Å². The molecule has 2 amide bonds. The maximum atomic E-state index is 12.8. The summed E-state index contributed by atoms with van der Waals surface area (Å²) in [5, 5.41) is 9.66. The van der Waals surface area contributed by atoms with Gasteiger partial charge in [0.15, 0.2) is 18.2 Å². The molecule has 4 rings (SSSR count). The Hall–Kier alpha value is -2.61. The van der Waals surface area contributed by atoms with Crippen LogP contribution in [0.25, 0.3) is 0 Å². The zero-order chi connectivity index (χ0) is 18.3. The van der Waals surface area contributed by atoms with E-state index in [1.165, 1.54) is 4.90 Å². The van der Waals surface area contributed by atoms with Crippen molar-refractivity contribution in [2.24, 2.45) is 0 Å². The number of phenols is 1. The number of anilines is 1. The number of pyridine rings is 1. The summed E-state index contributed by atoms with van der Waals surface area (Å²) in [4.78, 5) is 32.3. The molecule has 0 radical (unpaired) electrons. The average Bonchev–Trinajstić information content (AvgIpc) is 2.63. The number of benzene rings is 1. The number of halogens is 1. The van der Waals surface area contributed by atoms with Crippen molar-refractivity contribution >= 4 is 33.6 Å². The molecule has 0 aliphatic carbocycles. The van der Waals surface area contributed by atoms with Crippen LogP contribution in [0.1, 0.15) is 11.1 Å². The fraction of sp³-hybridized carbons (Fsp3) is 0.278. The van der Waals surface area contributed by atoms with Gasteiger partial charge in [0.25, 0.3) is 5.91 Å². The molecule has 0 fully saturated rings. The summed E-state index contributed by atoms with van der Waals surface area (Å²) >= 11 is 3.32. The van der Waals surface area contributed by atoms with Gasteiger partial charge in [-0.05, 0) is 51.7 Å². The van der Waals surface area contributed by atoms with Gasteiger partial charge in [0.2, 0.25) is 5.91 Å². The van der Waals surface area contributed by atoms with Crippen LogP contribution in [0, 0.1) is 0 Å². The van der Waals surface area contributed by atoms with Crippen LogP contribution in [0.2, 0.25) is 0 Å². The number of aromatic nitrogens is 1. The van der Waals surface area contributed by atoms with Gasteiger partial charge in [0.05, 0.1) is 0 Å². The van der Waals surface area contributed by atoms with Crippen LogP contribution in [0.4, 0.5) is 5.82 Å². The Morgan fingerprint density at radius 1 is 1.31 bits per heavy atom. The van der Waals surface area contributed by atoms with Crippen LogP contribution in [0.3, 0.4) is 0 Å². The van der Waals surface area contributed by atoms with E-state index in [0.717, 1.165) is 22.0 Å². The first-order valence-electron chi connectivity index (χ1n) is 8.18. The molecule has 0 saturated carbocycles. The molecule has 2 aliphatic rings. The van der Waals surface area contributed by atoms with Gasteiger partial charge in [-0.25, -0.2) is 4.98 Å². The standard InChI is InChI=1S/C18H16BrN3O4/c19-13-6-15-18(20-7-13)22(17(25)10-26-15)9-16(24)21-4-3-11-1-2-14(23)5-12(11)8-21/h1-2,5-7,23H,3-4,8-10H2. The molecule has 8 heteroatoms. The van der Waals surface area contributed by atoms with Crippen molar-refractivity contribution in [2.45, 2.75) is 13.0 Å². The highest BCUT2D eigenvalue weighted by molar-refractivity contribution is 9.10. The molecule has 1 aromatic heterocycles. The van der Waals surface area contributed by atoms with E-state index < -0.39 is 0 Å². The monoisotopic (exact) mass is 417 g/mol. The third-order valence-electron chi connectivity index (χ3n) is 4.56. The van der Waals surface area contributed by atoms with Gasteiger partial charge in [-0.15, -0.1) is 0 Å². The largest absolute Gasteiger partial charge is 0.508 e. The number of amides is 2. The van der Waals surface area contributed by atoms with Gasteiger partial charge in [-0.3, -0.25) is 14.5 Å². The smallest absolute Gasteiger partial charge is 0.266 e. The van der Waals surface area contributed by atoms with Gasteiger partial charge >= 0.3 is 0 Å². The first kappa shape index (κ1) is 16.8. The molecule has 0 atom stereocenters. The number of aromatic hydroxyl groups is 1. The minimum Gasteiger partial charge on any atom is -0.508 e. The maximum absolute atomic E-state index is 12.8. The van der Waals surface area contributed by atoms with Gasteiger partial charge in [0.1, 0.15) is 12.3 Å². The summed E-state index contributed by atoms with van der Waals surface area (Å²) in [6.45, 7) is 0.796. The molecule has 134 valence electrons. The number of rotatable bonds is 2. The number of hydrogen-bond acceptors (Lipinski definition) is 5. The summed E-state index contributed by atoms with van der Waals surface area (Å²) in [5.74, 6) is 0.555. The molecule has 1 N–H and O–H groups in total. The molecular formula is C18H16BrN3O4. The number of ether oxygens (including phenoxy) is 1. The minimum absolute atomic E-state index is 0.0853. The van der Waals surface area contributed by atoms with Crippen LogP contribution in [-0.2, 0) is 22.6 Å². The second-order valence-corrected chi connectivity index (χ2v) is 7.18. The van der Waals surface area contributed by atoms with Crippen LogP contribution in [0.15, 0.2) is 34.9 Å². The van der Waals surface area contributed by atoms with E-state index in [9.17, 15) is 14.7 Å². The number of carbonyl (C=O) groups excluding carboxylic acids is 2. The van der Waals surface area contributed by atoms with E-state index in [1.54, 1.807) is 29.3 Å². The maximum Gasteiger partial charge on any atom is 0.266 e. The first-order valence-corrected chi connectivity index (χ1v) is 8.98. The molecule has 2 aliphatic heterocycles. The lowest BCUT2D eigenvalue weighted by atomic mass is 9.99. The van der Waals surface area contributed by atoms with Crippen LogP contribution in [-0.4, -0.2) is 46.5 Å². The van der Waals surface area contributed by atoms with Crippen LogP contribution < -0.4 is 9.64 Å². The Labute approximate surface area is 158 Å². The van der Waals surface area contributed by atoms with Gasteiger partial charge in [-0.2, -0.15) is 0 Å². The Kier molecular flexibility index (Phi) is 4.28. The zero-order valence-electron chi connectivity index (χ0n) is 13.8. The quantitative estimate of drug-likeness (QED) is 0.805. The number of fused-ring (bicyclic) bond motifs is 2. The fourth-order valence-corrected chi connectivity index (χ4v) is 3.52. The van der Waals surface area contributed by atoms with Crippen molar-refractivity contribution in [3.8, 4) is 11.5 Å². The molecular weight excluding hydrogens is 402 g/mol.